The molecule has 1 aliphatic carbocycles. The van der Waals surface area contributed by atoms with E-state index in [0.29, 0.717) is 5.92 Å². The number of nitrogens with zero attached hydrogens (tertiary/aromatic N) is 1. The molecule has 0 amide bonds. The Morgan fingerprint density at radius 1 is 1.25 bits per heavy atom. The van der Waals surface area contributed by atoms with Crippen LogP contribution in [-0.4, -0.2) is 31.6 Å². The maximum atomic E-state index is 5.85. The van der Waals surface area contributed by atoms with Crippen LogP contribution in [0.4, 0.5) is 0 Å². The van der Waals surface area contributed by atoms with Crippen LogP contribution < -0.4 is 5.73 Å². The zero-order valence-corrected chi connectivity index (χ0v) is 11.4. The number of nitrogens with two attached hydrogens (primary N) is 1. The van der Waals surface area contributed by atoms with Gasteiger partial charge < -0.3 is 10.6 Å². The number of hydrogen-bond donors (Lipinski definition) is 1. The van der Waals surface area contributed by atoms with Crippen LogP contribution >= 0.6 is 0 Å². The zero-order chi connectivity index (χ0) is 12.0. The largest absolute Gasteiger partial charge is 0.330 e. The van der Waals surface area contributed by atoms with Crippen LogP contribution in [0.2, 0.25) is 0 Å². The van der Waals surface area contributed by atoms with Crippen molar-refractivity contribution >= 4 is 0 Å². The molecule has 0 aliphatic heterocycles. The molecule has 0 bridgehead atoms. The van der Waals surface area contributed by atoms with Crippen molar-refractivity contribution in [2.75, 3.05) is 26.7 Å². The minimum atomic E-state index is 0.686. The third-order valence-electron chi connectivity index (χ3n) is 3.75. The summed E-state index contributed by atoms with van der Waals surface area (Å²) in [5.74, 6) is 2.42. The molecule has 2 nitrogen and oxygen atoms in total. The molecule has 1 unspecified atom stereocenters. The van der Waals surface area contributed by atoms with E-state index in [2.05, 4.69) is 25.8 Å². The molecule has 0 radical (unpaired) electrons. The van der Waals surface area contributed by atoms with E-state index in [0.717, 1.165) is 18.4 Å². The van der Waals surface area contributed by atoms with Gasteiger partial charge in [0.05, 0.1) is 0 Å². The summed E-state index contributed by atoms with van der Waals surface area (Å²) in [5, 5.41) is 0. The first kappa shape index (κ1) is 14.0. The third-order valence-corrected chi connectivity index (χ3v) is 3.75. The van der Waals surface area contributed by atoms with Crippen LogP contribution in [0, 0.1) is 17.8 Å². The number of hydrogen-bond acceptors (Lipinski definition) is 2. The summed E-state index contributed by atoms with van der Waals surface area (Å²) >= 11 is 0. The lowest BCUT2D eigenvalue weighted by atomic mass is 9.96. The van der Waals surface area contributed by atoms with Crippen LogP contribution in [0.1, 0.15) is 46.0 Å². The van der Waals surface area contributed by atoms with Crippen molar-refractivity contribution in [2.24, 2.45) is 23.5 Å². The third kappa shape index (κ3) is 5.31. The van der Waals surface area contributed by atoms with Gasteiger partial charge in [-0.05, 0) is 50.6 Å². The summed E-state index contributed by atoms with van der Waals surface area (Å²) in [6, 6.07) is 0. The molecule has 1 fully saturated rings. The monoisotopic (exact) mass is 226 g/mol. The van der Waals surface area contributed by atoms with Gasteiger partial charge in [-0.15, -0.1) is 0 Å². The average Bonchev–Trinajstić information content (AvgIpc) is 2.68. The van der Waals surface area contributed by atoms with E-state index in [9.17, 15) is 0 Å². The Hall–Kier alpha value is -0.0800. The van der Waals surface area contributed by atoms with E-state index in [-0.39, 0.29) is 0 Å². The van der Waals surface area contributed by atoms with Crippen LogP contribution in [0.25, 0.3) is 0 Å². The maximum Gasteiger partial charge on any atom is 0.00189 e. The van der Waals surface area contributed by atoms with Crippen molar-refractivity contribution in [3.05, 3.63) is 0 Å². The van der Waals surface area contributed by atoms with Crippen molar-refractivity contribution in [1.82, 2.24) is 4.90 Å². The van der Waals surface area contributed by atoms with Gasteiger partial charge in [-0.25, -0.2) is 0 Å². The van der Waals surface area contributed by atoms with Crippen molar-refractivity contribution in [2.45, 2.75) is 46.0 Å². The van der Waals surface area contributed by atoms with Gasteiger partial charge in [0, 0.05) is 13.1 Å². The van der Waals surface area contributed by atoms with Gasteiger partial charge in [0.1, 0.15) is 0 Å². The Morgan fingerprint density at radius 2 is 1.88 bits per heavy atom. The first-order valence-electron chi connectivity index (χ1n) is 7.00. The fourth-order valence-electron chi connectivity index (χ4n) is 3.06. The van der Waals surface area contributed by atoms with E-state index < -0.39 is 0 Å². The topological polar surface area (TPSA) is 29.3 Å². The molecule has 16 heavy (non-hydrogen) atoms. The molecule has 96 valence electrons. The van der Waals surface area contributed by atoms with Gasteiger partial charge in [0.15, 0.2) is 0 Å². The van der Waals surface area contributed by atoms with Gasteiger partial charge in [-0.2, -0.15) is 0 Å². The molecule has 0 saturated heterocycles. The highest BCUT2D eigenvalue weighted by Crippen LogP contribution is 2.25. The summed E-state index contributed by atoms with van der Waals surface area (Å²) in [4.78, 5) is 2.51. The lowest BCUT2D eigenvalue weighted by molar-refractivity contribution is 0.225. The first-order chi connectivity index (χ1) is 7.61. The molecule has 1 aliphatic rings. The normalized spacial score (nSPS) is 19.9. The van der Waals surface area contributed by atoms with Crippen LogP contribution in [0.3, 0.4) is 0 Å². The molecular weight excluding hydrogens is 196 g/mol. The van der Waals surface area contributed by atoms with E-state index in [4.69, 9.17) is 5.73 Å². The second-order valence-electron chi connectivity index (χ2n) is 6.10. The molecule has 0 spiro atoms. The lowest BCUT2D eigenvalue weighted by Gasteiger charge is -2.26. The van der Waals surface area contributed by atoms with Crippen LogP contribution in [-0.2, 0) is 0 Å². The average molecular weight is 226 g/mol. The van der Waals surface area contributed by atoms with E-state index in [1.807, 2.05) is 0 Å². The standard InChI is InChI=1S/C14H30N2/c1-12(2)8-14(9-15)11-16(3)10-13-6-4-5-7-13/h12-14H,4-11,15H2,1-3H3. The predicted molar refractivity (Wildman–Crippen MR) is 71.5 cm³/mol. The van der Waals surface area contributed by atoms with Crippen molar-refractivity contribution < 1.29 is 0 Å². The van der Waals surface area contributed by atoms with Crippen LogP contribution in [0.5, 0.6) is 0 Å². The highest BCUT2D eigenvalue weighted by atomic mass is 15.1. The van der Waals surface area contributed by atoms with Crippen molar-refractivity contribution in [1.29, 1.82) is 0 Å². The molecule has 1 rings (SSSR count). The highest BCUT2D eigenvalue weighted by molar-refractivity contribution is 4.73. The van der Waals surface area contributed by atoms with E-state index >= 15 is 0 Å². The summed E-state index contributed by atoms with van der Waals surface area (Å²) in [6.45, 7) is 7.90. The Labute approximate surface area is 102 Å². The molecule has 2 heteroatoms. The van der Waals surface area contributed by atoms with Crippen molar-refractivity contribution in [3.63, 3.8) is 0 Å². The minimum absolute atomic E-state index is 0.686. The van der Waals surface area contributed by atoms with Gasteiger partial charge in [-0.3, -0.25) is 0 Å². The summed E-state index contributed by atoms with van der Waals surface area (Å²) < 4.78 is 0. The molecule has 0 heterocycles. The zero-order valence-electron chi connectivity index (χ0n) is 11.4. The second-order valence-corrected chi connectivity index (χ2v) is 6.10. The second kappa shape index (κ2) is 7.29. The molecule has 1 atom stereocenters. The molecule has 2 N–H and O–H groups in total. The van der Waals surface area contributed by atoms with Gasteiger partial charge in [-0.1, -0.05) is 26.7 Å². The summed E-state index contributed by atoms with van der Waals surface area (Å²) in [6.07, 6.45) is 7.06. The SMILES string of the molecule is CC(C)CC(CN)CN(C)CC1CCCC1. The predicted octanol–water partition coefficient (Wildman–Crippen LogP) is 2.73. The van der Waals surface area contributed by atoms with E-state index in [1.165, 1.54) is 45.2 Å². The Kier molecular flexibility index (Phi) is 6.37. The fraction of sp³-hybridized carbons (Fsp3) is 1.00. The first-order valence-corrected chi connectivity index (χ1v) is 7.00. The van der Waals surface area contributed by atoms with Crippen molar-refractivity contribution in [3.8, 4) is 0 Å². The van der Waals surface area contributed by atoms with E-state index in [1.54, 1.807) is 0 Å². The molecular formula is C14H30N2. The summed E-state index contributed by atoms with van der Waals surface area (Å²) in [7, 11) is 2.27. The maximum absolute atomic E-state index is 5.85. The van der Waals surface area contributed by atoms with Gasteiger partial charge in [0.25, 0.3) is 0 Å². The van der Waals surface area contributed by atoms with Gasteiger partial charge >= 0.3 is 0 Å². The Morgan fingerprint density at radius 3 is 2.38 bits per heavy atom. The van der Waals surface area contributed by atoms with Crippen LogP contribution in [0.15, 0.2) is 0 Å². The van der Waals surface area contributed by atoms with Gasteiger partial charge in [0.2, 0.25) is 0 Å². The smallest absolute Gasteiger partial charge is 0.00189 e. The molecule has 0 aromatic heterocycles. The molecule has 0 aromatic carbocycles. The Bertz CT molecular complexity index is 174. The Balaban J connectivity index is 2.21. The highest BCUT2D eigenvalue weighted by Gasteiger charge is 2.18. The summed E-state index contributed by atoms with van der Waals surface area (Å²) in [5.41, 5.74) is 5.85. The minimum Gasteiger partial charge on any atom is -0.330 e. The molecule has 0 aromatic rings. The quantitative estimate of drug-likeness (QED) is 0.723. The molecule has 1 saturated carbocycles. The fourth-order valence-corrected chi connectivity index (χ4v) is 3.06. The lowest BCUT2D eigenvalue weighted by Crippen LogP contribution is -2.33. The number of rotatable bonds is 7.